The molecule has 19 unspecified atom stereocenters. The largest absolute Gasteiger partial charge is 0.472 e. The van der Waals surface area contributed by atoms with Gasteiger partial charge in [0, 0.05) is 25.7 Å². The summed E-state index contributed by atoms with van der Waals surface area (Å²) in [6, 6.07) is 0. The van der Waals surface area contributed by atoms with E-state index in [4.69, 9.17) is 46.9 Å². The summed E-state index contributed by atoms with van der Waals surface area (Å²) in [6.45, 7) is 7.90. The number of unbranched alkanes of at least 4 members (excludes halogenated alkanes) is 44. The molecule has 1 aliphatic carbocycles. The van der Waals surface area contributed by atoms with Crippen molar-refractivity contribution in [2.24, 2.45) is 5.92 Å². The van der Waals surface area contributed by atoms with Crippen molar-refractivity contribution in [2.45, 2.75) is 505 Å². The molecule has 3 rings (SSSR count). The van der Waals surface area contributed by atoms with E-state index in [1.807, 2.05) is 0 Å². The molecule has 0 bridgehead atoms. The summed E-state index contributed by atoms with van der Waals surface area (Å²) in [5, 5.41) is 102. The van der Waals surface area contributed by atoms with Gasteiger partial charge in [0.05, 0.1) is 13.2 Å². The van der Waals surface area contributed by atoms with Gasteiger partial charge in [-0.25, -0.2) is 4.57 Å². The molecule has 692 valence electrons. The Balaban J connectivity index is 1.92. The summed E-state index contributed by atoms with van der Waals surface area (Å²) in [5.41, 5.74) is 0. The maximum Gasteiger partial charge on any atom is 0.472 e. The molecule has 0 aromatic heterocycles. The first-order valence-corrected chi connectivity index (χ1v) is 49.0. The van der Waals surface area contributed by atoms with Crippen LogP contribution >= 0.6 is 7.82 Å². The van der Waals surface area contributed by atoms with Crippen LogP contribution in [-0.4, -0.2) is 205 Å². The first kappa shape index (κ1) is 109. The van der Waals surface area contributed by atoms with Gasteiger partial charge in [0.2, 0.25) is 0 Å². The Morgan fingerprint density at radius 2 is 0.686 bits per heavy atom. The Kier molecular flexibility index (Phi) is 64.9. The number of hydrogen-bond donors (Lipinski definition) is 10. The van der Waals surface area contributed by atoms with Gasteiger partial charge < -0.3 is 88.7 Å². The topological polar surface area (TPSA) is 380 Å². The molecule has 3 fully saturated rings. The van der Waals surface area contributed by atoms with Crippen LogP contribution in [0.25, 0.3) is 0 Å². The van der Waals surface area contributed by atoms with Crippen LogP contribution in [0.1, 0.15) is 401 Å². The fourth-order valence-corrected chi connectivity index (χ4v) is 16.6. The molecule has 0 amide bonds. The number of carbonyl (C=O) groups is 4. The third kappa shape index (κ3) is 50.2. The van der Waals surface area contributed by atoms with Gasteiger partial charge in [-0.05, 0) is 83.0 Å². The van der Waals surface area contributed by atoms with Crippen LogP contribution in [0.2, 0.25) is 0 Å². The van der Waals surface area contributed by atoms with Crippen molar-refractivity contribution in [1.29, 1.82) is 0 Å². The van der Waals surface area contributed by atoms with E-state index in [9.17, 15) is 74.6 Å². The average Bonchev–Trinajstić information content (AvgIpc) is 0.754. The summed E-state index contributed by atoms with van der Waals surface area (Å²) in [6.07, 6.45) is 28.9. The van der Waals surface area contributed by atoms with Crippen molar-refractivity contribution in [3.8, 4) is 0 Å². The highest BCUT2D eigenvalue weighted by molar-refractivity contribution is 7.47. The SMILES string of the molecule is CCCCCC/C=C\CCCCCCCCCC(=O)OCC1OC(OC2C(OC(=O)CCCCC/C=C\CCCCCCCC)C(O)C(O)C(OC3OC(CO)C(O)C(O)C3O)C2OP(=O)(O)OCC(COC(=O)CCCCCCCCCCCCCCCCC)OC(=O)CCCCCCCCC(C)CCCCCCCC)C(O)C(O)C1O. The van der Waals surface area contributed by atoms with Crippen LogP contribution in [0.4, 0.5) is 0 Å². The van der Waals surface area contributed by atoms with Gasteiger partial charge in [0.15, 0.2) is 24.8 Å². The zero-order chi connectivity index (χ0) is 86.2. The van der Waals surface area contributed by atoms with Crippen LogP contribution < -0.4 is 0 Å². The smallest absolute Gasteiger partial charge is 0.463 e. The summed E-state index contributed by atoms with van der Waals surface area (Å²) < 4.78 is 73.5. The van der Waals surface area contributed by atoms with E-state index >= 15 is 0 Å². The predicted molar refractivity (Wildman–Crippen MR) is 458 cm³/mol. The number of hydrogen-bond acceptors (Lipinski definition) is 24. The minimum Gasteiger partial charge on any atom is -0.463 e. The predicted octanol–water partition coefficient (Wildman–Crippen LogP) is 17.6. The van der Waals surface area contributed by atoms with Crippen molar-refractivity contribution in [1.82, 2.24) is 0 Å². The van der Waals surface area contributed by atoms with E-state index in [-0.39, 0.29) is 32.1 Å². The Hall–Kier alpha value is -3.05. The van der Waals surface area contributed by atoms with E-state index in [0.717, 1.165) is 141 Å². The third-order valence-electron chi connectivity index (χ3n) is 23.3. The molecule has 0 aromatic carbocycles. The highest BCUT2D eigenvalue weighted by Crippen LogP contribution is 2.49. The number of carbonyl (C=O) groups excluding carboxylic acids is 4. The number of esters is 4. The molecule has 25 nitrogen and oxygen atoms in total. The number of rotatable bonds is 76. The Morgan fingerprint density at radius 1 is 0.356 bits per heavy atom. The molecular weight excluding hydrogens is 1540 g/mol. The number of ether oxygens (including phenoxy) is 8. The quantitative estimate of drug-likeness (QED) is 0.00889. The lowest BCUT2D eigenvalue weighted by molar-refractivity contribution is -0.360. The number of aliphatic hydroxyl groups is 9. The minimum atomic E-state index is -5.81. The molecule has 1 saturated carbocycles. The molecule has 19 atom stereocenters. The lowest BCUT2D eigenvalue weighted by Gasteiger charge is -2.50. The second-order valence-electron chi connectivity index (χ2n) is 34.1. The minimum absolute atomic E-state index is 0.00778. The van der Waals surface area contributed by atoms with Gasteiger partial charge >= 0.3 is 31.7 Å². The van der Waals surface area contributed by atoms with E-state index < -0.39 is 162 Å². The number of phosphoric ester groups is 1. The molecule has 2 saturated heterocycles. The van der Waals surface area contributed by atoms with E-state index in [1.165, 1.54) is 161 Å². The monoisotopic (exact) mass is 1710 g/mol. The first-order valence-electron chi connectivity index (χ1n) is 47.5. The molecule has 118 heavy (non-hydrogen) atoms. The summed E-state index contributed by atoms with van der Waals surface area (Å²) in [4.78, 5) is 66.5. The lowest BCUT2D eigenvalue weighted by atomic mass is 9.84. The number of aliphatic hydroxyl groups excluding tert-OH is 9. The van der Waals surface area contributed by atoms with Gasteiger partial charge in [0.25, 0.3) is 0 Å². The molecule has 3 aliphatic rings. The molecule has 0 aromatic rings. The van der Waals surface area contributed by atoms with Crippen molar-refractivity contribution < 1.29 is 122 Å². The normalized spacial score (nSPS) is 25.3. The zero-order valence-electron chi connectivity index (χ0n) is 73.9. The van der Waals surface area contributed by atoms with Crippen LogP contribution in [0.15, 0.2) is 24.3 Å². The maximum absolute atomic E-state index is 14.9. The second-order valence-corrected chi connectivity index (χ2v) is 35.6. The molecule has 0 spiro atoms. The van der Waals surface area contributed by atoms with Crippen molar-refractivity contribution >= 4 is 31.7 Å². The fraction of sp³-hybridized carbons (Fsp3) is 0.913. The van der Waals surface area contributed by atoms with Gasteiger partial charge in [-0.2, -0.15) is 0 Å². The standard InChI is InChI=1S/C92H169O25P/c1-6-10-14-18-22-25-28-31-33-36-38-41-44-51-57-63-75(94)108-68-72(111-77(96)65-59-54-48-47-50-56-62-71(5)61-55-49-21-17-13-9-4)69-110-118(106,107)117-90-88(115-91-85(104)81(100)79(98)73(67-93)112-91)84(103)83(102)87(114-78(97)66-60-53-46-43-40-35-30-27-24-20-16-12-8-3)89(90)116-92-86(105)82(101)80(99)74(113-92)70-109-76(95)64-58-52-45-42-39-37-34-32-29-26-23-19-15-11-7-2/h26,29,35,40,71-74,79-93,98-105H,6-25,27-28,30-34,36-39,41-70H2,1-5H3,(H,106,107)/b29-26-,40-35-. The van der Waals surface area contributed by atoms with Crippen LogP contribution in [-0.2, 0) is 70.7 Å². The van der Waals surface area contributed by atoms with E-state index in [1.54, 1.807) is 0 Å². The van der Waals surface area contributed by atoms with Gasteiger partial charge in [-0.15, -0.1) is 0 Å². The summed E-state index contributed by atoms with van der Waals surface area (Å²) >= 11 is 0. The van der Waals surface area contributed by atoms with E-state index in [2.05, 4.69) is 58.9 Å². The summed E-state index contributed by atoms with van der Waals surface area (Å²) in [5.74, 6) is -2.31. The molecule has 0 radical (unpaired) electrons. The third-order valence-corrected chi connectivity index (χ3v) is 24.3. The molecule has 2 aliphatic heterocycles. The Morgan fingerprint density at radius 3 is 1.11 bits per heavy atom. The first-order chi connectivity index (χ1) is 57.1. The van der Waals surface area contributed by atoms with Crippen LogP contribution in [0.5, 0.6) is 0 Å². The maximum atomic E-state index is 14.9. The van der Waals surface area contributed by atoms with Gasteiger partial charge in [-0.3, -0.25) is 28.2 Å². The van der Waals surface area contributed by atoms with Crippen LogP contribution in [0, 0.1) is 5.92 Å². The Bertz CT molecular complexity index is 2570. The molecule has 10 N–H and O–H groups in total. The van der Waals surface area contributed by atoms with Crippen molar-refractivity contribution in [3.63, 3.8) is 0 Å². The number of allylic oxidation sites excluding steroid dienone is 4. The Labute approximate surface area is 711 Å². The van der Waals surface area contributed by atoms with Crippen molar-refractivity contribution in [2.75, 3.05) is 26.4 Å². The molecule has 2 heterocycles. The lowest BCUT2D eigenvalue weighted by Crippen LogP contribution is -2.70. The van der Waals surface area contributed by atoms with Crippen molar-refractivity contribution in [3.05, 3.63) is 24.3 Å². The number of phosphoric acid groups is 1. The second kappa shape index (κ2) is 70.2. The highest BCUT2D eigenvalue weighted by atomic mass is 31.2. The highest BCUT2D eigenvalue weighted by Gasteiger charge is 2.60. The van der Waals surface area contributed by atoms with E-state index in [0.29, 0.717) is 38.0 Å². The zero-order valence-corrected chi connectivity index (χ0v) is 74.8. The summed E-state index contributed by atoms with van der Waals surface area (Å²) in [7, 11) is -5.81. The molecule has 26 heteroatoms. The van der Waals surface area contributed by atoms with Gasteiger partial charge in [0.1, 0.15) is 92.6 Å². The van der Waals surface area contributed by atoms with Crippen LogP contribution in [0.3, 0.4) is 0 Å². The average molecular weight is 1710 g/mol. The fourth-order valence-electron chi connectivity index (χ4n) is 15.7. The van der Waals surface area contributed by atoms with Gasteiger partial charge in [-0.1, -0.05) is 322 Å². The molecular formula is C92H169O25P.